The Hall–Kier alpha value is -1.61. The lowest BCUT2D eigenvalue weighted by Gasteiger charge is -2.08. The van der Waals surface area contributed by atoms with Crippen molar-refractivity contribution in [1.82, 2.24) is 5.32 Å². The highest BCUT2D eigenvalue weighted by molar-refractivity contribution is 5.89. The van der Waals surface area contributed by atoms with Gasteiger partial charge in [0.25, 0.3) is 0 Å². The topological polar surface area (TPSA) is 41.1 Å². The smallest absolute Gasteiger partial charge is 0.221 e. The quantitative estimate of drug-likeness (QED) is 0.838. The summed E-state index contributed by atoms with van der Waals surface area (Å²) in [6.07, 6.45) is 5.21. The number of benzene rings is 1. The molecule has 0 aliphatic rings. The minimum atomic E-state index is -0.0389. The summed E-state index contributed by atoms with van der Waals surface area (Å²) < 4.78 is 0. The summed E-state index contributed by atoms with van der Waals surface area (Å²) >= 11 is 0. The SMILES string of the molecule is CNC(C)CC=Cc1ccc(C)c(NC(C)=O)c1. The van der Waals surface area contributed by atoms with E-state index in [-0.39, 0.29) is 5.91 Å². The second-order valence-electron chi connectivity index (χ2n) is 4.58. The molecule has 1 unspecified atom stereocenters. The lowest BCUT2D eigenvalue weighted by atomic mass is 10.1. The fourth-order valence-corrected chi connectivity index (χ4v) is 1.59. The maximum atomic E-state index is 11.1. The van der Waals surface area contributed by atoms with E-state index in [1.165, 1.54) is 6.92 Å². The molecule has 3 heteroatoms. The number of hydrogen-bond acceptors (Lipinski definition) is 2. The molecule has 0 radical (unpaired) electrons. The van der Waals surface area contributed by atoms with Crippen LogP contribution in [0, 0.1) is 6.92 Å². The molecule has 2 N–H and O–H groups in total. The second kappa shape index (κ2) is 6.97. The van der Waals surface area contributed by atoms with Crippen molar-refractivity contribution in [3.05, 3.63) is 35.4 Å². The minimum absolute atomic E-state index is 0.0389. The lowest BCUT2D eigenvalue weighted by molar-refractivity contribution is -0.114. The maximum Gasteiger partial charge on any atom is 0.221 e. The van der Waals surface area contributed by atoms with Crippen LogP contribution in [-0.2, 0) is 4.79 Å². The van der Waals surface area contributed by atoms with Crippen LogP contribution in [0.1, 0.15) is 31.4 Å². The predicted molar refractivity (Wildman–Crippen MR) is 77.7 cm³/mol. The molecule has 0 bridgehead atoms. The summed E-state index contributed by atoms with van der Waals surface area (Å²) in [7, 11) is 1.96. The molecule has 0 saturated heterocycles. The standard InChI is InChI=1S/C15H22N2O/c1-11-8-9-14(7-5-6-12(2)16-4)10-15(11)17-13(3)18/h5,7-10,12,16H,6H2,1-4H3,(H,17,18). The zero-order valence-electron chi connectivity index (χ0n) is 11.6. The van der Waals surface area contributed by atoms with Crippen molar-refractivity contribution in [2.75, 3.05) is 12.4 Å². The molecule has 1 atom stereocenters. The van der Waals surface area contributed by atoms with Crippen LogP contribution in [0.2, 0.25) is 0 Å². The number of nitrogens with one attached hydrogen (secondary N) is 2. The Balaban J connectivity index is 2.75. The second-order valence-corrected chi connectivity index (χ2v) is 4.58. The van der Waals surface area contributed by atoms with Crippen molar-refractivity contribution in [3.8, 4) is 0 Å². The summed E-state index contributed by atoms with van der Waals surface area (Å²) in [5, 5.41) is 6.03. The van der Waals surface area contributed by atoms with Gasteiger partial charge in [0.05, 0.1) is 0 Å². The molecule has 3 nitrogen and oxygen atoms in total. The number of hydrogen-bond donors (Lipinski definition) is 2. The van der Waals surface area contributed by atoms with Crippen LogP contribution in [0.3, 0.4) is 0 Å². The van der Waals surface area contributed by atoms with Crippen LogP contribution < -0.4 is 10.6 Å². The van der Waals surface area contributed by atoms with Gasteiger partial charge in [0.15, 0.2) is 0 Å². The van der Waals surface area contributed by atoms with Gasteiger partial charge in [0.2, 0.25) is 5.91 Å². The average molecular weight is 246 g/mol. The molecule has 0 aliphatic heterocycles. The molecule has 0 fully saturated rings. The highest BCUT2D eigenvalue weighted by Gasteiger charge is 2.00. The third-order valence-corrected chi connectivity index (χ3v) is 2.87. The van der Waals surface area contributed by atoms with E-state index in [4.69, 9.17) is 0 Å². The molecule has 18 heavy (non-hydrogen) atoms. The van der Waals surface area contributed by atoms with Gasteiger partial charge in [-0.15, -0.1) is 0 Å². The first-order chi connectivity index (χ1) is 8.52. The first-order valence-corrected chi connectivity index (χ1v) is 6.25. The van der Waals surface area contributed by atoms with Gasteiger partial charge in [-0.1, -0.05) is 24.3 Å². The molecule has 1 rings (SSSR count). The highest BCUT2D eigenvalue weighted by atomic mass is 16.1. The summed E-state index contributed by atoms with van der Waals surface area (Å²) in [5.74, 6) is -0.0389. The number of amides is 1. The molecule has 0 aromatic heterocycles. The van der Waals surface area contributed by atoms with Crippen molar-refractivity contribution in [2.45, 2.75) is 33.2 Å². The minimum Gasteiger partial charge on any atom is -0.326 e. The van der Waals surface area contributed by atoms with E-state index in [0.29, 0.717) is 6.04 Å². The molecule has 98 valence electrons. The van der Waals surface area contributed by atoms with Gasteiger partial charge in [-0.3, -0.25) is 4.79 Å². The van der Waals surface area contributed by atoms with E-state index in [0.717, 1.165) is 23.2 Å². The third kappa shape index (κ3) is 4.72. The van der Waals surface area contributed by atoms with E-state index < -0.39 is 0 Å². The van der Waals surface area contributed by atoms with Crippen molar-refractivity contribution in [1.29, 1.82) is 0 Å². The number of carbonyl (C=O) groups is 1. The number of carbonyl (C=O) groups excluding carboxylic acids is 1. The van der Waals surface area contributed by atoms with Gasteiger partial charge in [-0.2, -0.15) is 0 Å². The van der Waals surface area contributed by atoms with Crippen LogP contribution in [0.5, 0.6) is 0 Å². The van der Waals surface area contributed by atoms with E-state index in [2.05, 4.69) is 35.8 Å². The summed E-state index contributed by atoms with van der Waals surface area (Å²) in [6, 6.07) is 6.55. The van der Waals surface area contributed by atoms with Crippen molar-refractivity contribution in [3.63, 3.8) is 0 Å². The van der Waals surface area contributed by atoms with Crippen LogP contribution in [0.25, 0.3) is 6.08 Å². The van der Waals surface area contributed by atoms with Gasteiger partial charge >= 0.3 is 0 Å². The van der Waals surface area contributed by atoms with E-state index in [1.807, 2.05) is 26.1 Å². The molecule has 0 saturated carbocycles. The number of aryl methyl sites for hydroxylation is 1. The first kappa shape index (κ1) is 14.5. The Bertz CT molecular complexity index is 438. The Morgan fingerprint density at radius 3 is 2.78 bits per heavy atom. The van der Waals surface area contributed by atoms with Gasteiger partial charge in [-0.05, 0) is 44.5 Å². The molecule has 1 aromatic carbocycles. The predicted octanol–water partition coefficient (Wildman–Crippen LogP) is 2.96. The first-order valence-electron chi connectivity index (χ1n) is 6.25. The van der Waals surface area contributed by atoms with Crippen LogP contribution in [0.15, 0.2) is 24.3 Å². The van der Waals surface area contributed by atoms with E-state index >= 15 is 0 Å². The summed E-state index contributed by atoms with van der Waals surface area (Å²) in [5.41, 5.74) is 3.06. The van der Waals surface area contributed by atoms with Gasteiger partial charge in [-0.25, -0.2) is 0 Å². The normalized spacial score (nSPS) is 12.7. The Kier molecular flexibility index (Phi) is 5.59. The van der Waals surface area contributed by atoms with E-state index in [9.17, 15) is 4.79 Å². The third-order valence-electron chi connectivity index (χ3n) is 2.87. The molecule has 0 heterocycles. The Morgan fingerprint density at radius 1 is 1.44 bits per heavy atom. The molecular weight excluding hydrogens is 224 g/mol. The summed E-state index contributed by atoms with van der Waals surface area (Å²) in [6.45, 7) is 5.65. The molecule has 1 amide bonds. The largest absolute Gasteiger partial charge is 0.326 e. The van der Waals surface area contributed by atoms with Gasteiger partial charge in [0.1, 0.15) is 0 Å². The molecular formula is C15H22N2O. The van der Waals surface area contributed by atoms with Crippen LogP contribution >= 0.6 is 0 Å². The Labute approximate surface area is 109 Å². The van der Waals surface area contributed by atoms with Crippen LogP contribution in [0.4, 0.5) is 5.69 Å². The maximum absolute atomic E-state index is 11.1. The van der Waals surface area contributed by atoms with Crippen molar-refractivity contribution in [2.24, 2.45) is 0 Å². The Morgan fingerprint density at radius 2 is 2.17 bits per heavy atom. The van der Waals surface area contributed by atoms with Gasteiger partial charge in [0, 0.05) is 18.7 Å². The van der Waals surface area contributed by atoms with Crippen molar-refractivity contribution >= 4 is 17.7 Å². The monoisotopic (exact) mass is 246 g/mol. The van der Waals surface area contributed by atoms with Gasteiger partial charge < -0.3 is 10.6 Å². The zero-order chi connectivity index (χ0) is 13.5. The number of anilines is 1. The molecule has 0 spiro atoms. The highest BCUT2D eigenvalue weighted by Crippen LogP contribution is 2.18. The average Bonchev–Trinajstić information content (AvgIpc) is 2.32. The summed E-state index contributed by atoms with van der Waals surface area (Å²) in [4.78, 5) is 11.1. The number of rotatable bonds is 5. The zero-order valence-corrected chi connectivity index (χ0v) is 11.6. The molecule has 0 aliphatic carbocycles. The fourth-order valence-electron chi connectivity index (χ4n) is 1.59. The van der Waals surface area contributed by atoms with Crippen LogP contribution in [-0.4, -0.2) is 19.0 Å². The van der Waals surface area contributed by atoms with E-state index in [1.54, 1.807) is 0 Å². The molecule has 1 aromatic rings. The van der Waals surface area contributed by atoms with Crippen molar-refractivity contribution < 1.29 is 4.79 Å². The fraction of sp³-hybridized carbons (Fsp3) is 0.400. The lowest BCUT2D eigenvalue weighted by Crippen LogP contribution is -2.19.